The highest BCUT2D eigenvalue weighted by Crippen LogP contribution is 2.32. The van der Waals surface area contributed by atoms with Crippen LogP contribution in [0, 0.1) is 11.7 Å². The minimum Gasteiger partial charge on any atom is -0.508 e. The Morgan fingerprint density at radius 2 is 2.07 bits per heavy atom. The van der Waals surface area contributed by atoms with Gasteiger partial charge in [0.25, 0.3) is 5.91 Å². The van der Waals surface area contributed by atoms with Gasteiger partial charge in [0.2, 0.25) is 5.91 Å². The van der Waals surface area contributed by atoms with Gasteiger partial charge in [0.1, 0.15) is 23.4 Å². The van der Waals surface area contributed by atoms with Crippen molar-refractivity contribution in [3.8, 4) is 11.5 Å². The van der Waals surface area contributed by atoms with Gasteiger partial charge in [0.05, 0.1) is 6.61 Å². The summed E-state index contributed by atoms with van der Waals surface area (Å²) in [5, 5.41) is 12.7. The molecular weight excluding hydrogens is 363 g/mol. The first-order chi connectivity index (χ1) is 13.5. The minimum atomic E-state index is -0.935. The molecule has 2 amide bonds. The van der Waals surface area contributed by atoms with E-state index in [9.17, 15) is 19.1 Å². The predicted octanol–water partition coefficient (Wildman–Crippen LogP) is 2.63. The molecule has 1 aliphatic heterocycles. The molecule has 1 atom stereocenters. The molecule has 2 aliphatic rings. The van der Waals surface area contributed by atoms with Crippen molar-refractivity contribution < 1.29 is 23.8 Å². The lowest BCUT2D eigenvalue weighted by Crippen LogP contribution is -2.52. The Bertz CT molecular complexity index is 913. The molecule has 7 heteroatoms. The van der Waals surface area contributed by atoms with E-state index in [0.29, 0.717) is 30.4 Å². The Morgan fingerprint density at radius 3 is 2.82 bits per heavy atom. The number of amides is 2. The first kappa shape index (κ1) is 18.3. The lowest BCUT2D eigenvalue weighted by atomic mass is 10.0. The van der Waals surface area contributed by atoms with Crippen LogP contribution in [0.2, 0.25) is 0 Å². The Hall–Kier alpha value is -3.09. The monoisotopic (exact) mass is 384 g/mol. The Kier molecular flexibility index (Phi) is 4.90. The van der Waals surface area contributed by atoms with Gasteiger partial charge in [-0.05, 0) is 48.6 Å². The highest BCUT2D eigenvalue weighted by molar-refractivity contribution is 5.99. The standard InChI is InChI=1S/C21H21FN2O4/c22-16-3-1-2-14(8-16)19-20(26)23-6-7-24(19)21(27)15-9-17(25)11-18(10-15)28-12-13-4-5-13/h1-3,8-11,13,19,25H,4-7,12H2,(H,23,26). The number of phenolic OH excluding ortho intramolecular Hbond substituents is 1. The smallest absolute Gasteiger partial charge is 0.255 e. The second-order valence-electron chi connectivity index (χ2n) is 7.22. The van der Waals surface area contributed by atoms with E-state index in [1.807, 2.05) is 0 Å². The molecule has 1 heterocycles. The van der Waals surface area contributed by atoms with Gasteiger partial charge in [-0.3, -0.25) is 9.59 Å². The summed E-state index contributed by atoms with van der Waals surface area (Å²) >= 11 is 0. The van der Waals surface area contributed by atoms with Gasteiger partial charge in [-0.1, -0.05) is 12.1 Å². The largest absolute Gasteiger partial charge is 0.508 e. The minimum absolute atomic E-state index is 0.0830. The number of rotatable bonds is 5. The Labute approximate surface area is 161 Å². The van der Waals surface area contributed by atoms with Gasteiger partial charge < -0.3 is 20.1 Å². The Balaban J connectivity index is 1.62. The molecule has 2 aromatic rings. The number of ether oxygens (including phenoxy) is 1. The molecule has 0 radical (unpaired) electrons. The quantitative estimate of drug-likeness (QED) is 0.831. The zero-order chi connectivity index (χ0) is 19.7. The van der Waals surface area contributed by atoms with Gasteiger partial charge in [0, 0.05) is 24.7 Å². The fourth-order valence-electron chi connectivity index (χ4n) is 3.35. The zero-order valence-corrected chi connectivity index (χ0v) is 15.2. The fourth-order valence-corrected chi connectivity index (χ4v) is 3.35. The molecule has 2 aromatic carbocycles. The van der Waals surface area contributed by atoms with Crippen LogP contribution >= 0.6 is 0 Å². The van der Waals surface area contributed by atoms with Crippen molar-refractivity contribution in [3.05, 3.63) is 59.4 Å². The number of nitrogens with zero attached hydrogens (tertiary/aromatic N) is 1. The van der Waals surface area contributed by atoms with Crippen molar-refractivity contribution in [2.24, 2.45) is 5.92 Å². The molecule has 28 heavy (non-hydrogen) atoms. The maximum absolute atomic E-state index is 13.7. The van der Waals surface area contributed by atoms with Crippen molar-refractivity contribution >= 4 is 11.8 Å². The molecule has 2 N–H and O–H groups in total. The van der Waals surface area contributed by atoms with Gasteiger partial charge >= 0.3 is 0 Å². The van der Waals surface area contributed by atoms with Crippen LogP contribution in [0.25, 0.3) is 0 Å². The molecule has 1 unspecified atom stereocenters. The average Bonchev–Trinajstić information content (AvgIpc) is 3.49. The number of halogens is 1. The van der Waals surface area contributed by atoms with Crippen LogP contribution in [0.3, 0.4) is 0 Å². The zero-order valence-electron chi connectivity index (χ0n) is 15.2. The molecule has 0 spiro atoms. The fraction of sp³-hybridized carbons (Fsp3) is 0.333. The highest BCUT2D eigenvalue weighted by atomic mass is 19.1. The van der Waals surface area contributed by atoms with E-state index in [2.05, 4.69) is 5.32 Å². The summed E-state index contributed by atoms with van der Waals surface area (Å²) in [6, 6.07) is 9.11. The number of piperazine rings is 1. The Morgan fingerprint density at radius 1 is 1.25 bits per heavy atom. The van der Waals surface area contributed by atoms with Crippen molar-refractivity contribution in [1.29, 1.82) is 0 Å². The number of hydrogen-bond donors (Lipinski definition) is 2. The van der Waals surface area contributed by atoms with Gasteiger partial charge in [0.15, 0.2) is 0 Å². The van der Waals surface area contributed by atoms with E-state index in [1.54, 1.807) is 12.1 Å². The number of aromatic hydroxyl groups is 1. The first-order valence-corrected chi connectivity index (χ1v) is 9.32. The van der Waals surface area contributed by atoms with Crippen molar-refractivity contribution in [3.63, 3.8) is 0 Å². The van der Waals surface area contributed by atoms with Crippen LogP contribution in [-0.2, 0) is 4.79 Å². The van der Waals surface area contributed by atoms with Gasteiger partial charge in [-0.2, -0.15) is 0 Å². The second kappa shape index (κ2) is 7.50. The lowest BCUT2D eigenvalue weighted by Gasteiger charge is -2.35. The molecular formula is C21H21FN2O4. The summed E-state index contributed by atoms with van der Waals surface area (Å²) in [4.78, 5) is 27.0. The maximum Gasteiger partial charge on any atom is 0.255 e. The van der Waals surface area contributed by atoms with E-state index in [4.69, 9.17) is 4.74 Å². The van der Waals surface area contributed by atoms with Crippen LogP contribution in [0.15, 0.2) is 42.5 Å². The number of carbonyl (C=O) groups is 2. The molecule has 1 aliphatic carbocycles. The second-order valence-corrected chi connectivity index (χ2v) is 7.22. The first-order valence-electron chi connectivity index (χ1n) is 9.32. The van der Waals surface area contributed by atoms with Crippen LogP contribution in [0.4, 0.5) is 4.39 Å². The molecule has 146 valence electrons. The topological polar surface area (TPSA) is 78.9 Å². The maximum atomic E-state index is 13.7. The third-order valence-electron chi connectivity index (χ3n) is 4.96. The third-order valence-corrected chi connectivity index (χ3v) is 4.96. The molecule has 0 bridgehead atoms. The van der Waals surface area contributed by atoms with Crippen LogP contribution in [-0.4, -0.2) is 41.5 Å². The number of benzene rings is 2. The van der Waals surface area contributed by atoms with E-state index < -0.39 is 17.8 Å². The molecule has 1 saturated carbocycles. The van der Waals surface area contributed by atoms with E-state index in [-0.39, 0.29) is 23.8 Å². The number of phenols is 1. The van der Waals surface area contributed by atoms with Crippen LogP contribution < -0.4 is 10.1 Å². The SMILES string of the molecule is O=C1NCCN(C(=O)c2cc(O)cc(OCC3CC3)c2)C1c1cccc(F)c1. The molecule has 4 rings (SSSR count). The highest BCUT2D eigenvalue weighted by Gasteiger charge is 2.35. The summed E-state index contributed by atoms with van der Waals surface area (Å²) in [7, 11) is 0. The molecule has 1 saturated heterocycles. The summed E-state index contributed by atoms with van der Waals surface area (Å²) < 4.78 is 19.4. The van der Waals surface area contributed by atoms with Crippen molar-refractivity contribution in [2.75, 3.05) is 19.7 Å². The van der Waals surface area contributed by atoms with E-state index in [0.717, 1.165) is 12.8 Å². The summed E-state index contributed by atoms with van der Waals surface area (Å²) in [5.41, 5.74) is 0.623. The average molecular weight is 384 g/mol. The van der Waals surface area contributed by atoms with E-state index >= 15 is 0 Å². The van der Waals surface area contributed by atoms with Gasteiger partial charge in [-0.25, -0.2) is 4.39 Å². The van der Waals surface area contributed by atoms with Crippen molar-refractivity contribution in [1.82, 2.24) is 10.2 Å². The number of nitrogens with one attached hydrogen (secondary N) is 1. The summed E-state index contributed by atoms with van der Waals surface area (Å²) in [5.74, 6) is -0.396. The third kappa shape index (κ3) is 3.93. The molecule has 0 aromatic heterocycles. The summed E-state index contributed by atoms with van der Waals surface area (Å²) in [6.45, 7) is 1.13. The van der Waals surface area contributed by atoms with Gasteiger partial charge in [-0.15, -0.1) is 0 Å². The summed E-state index contributed by atoms with van der Waals surface area (Å²) in [6.07, 6.45) is 2.26. The number of hydrogen-bond acceptors (Lipinski definition) is 4. The number of carbonyl (C=O) groups excluding carboxylic acids is 2. The lowest BCUT2D eigenvalue weighted by molar-refractivity contribution is -0.128. The van der Waals surface area contributed by atoms with E-state index in [1.165, 1.54) is 35.2 Å². The van der Waals surface area contributed by atoms with Crippen LogP contribution in [0.1, 0.15) is 34.8 Å². The predicted molar refractivity (Wildman–Crippen MR) is 99.5 cm³/mol. The van der Waals surface area contributed by atoms with Crippen LogP contribution in [0.5, 0.6) is 11.5 Å². The normalized spacial score (nSPS) is 19.2. The molecule has 2 fully saturated rings. The molecule has 6 nitrogen and oxygen atoms in total. The van der Waals surface area contributed by atoms with Crippen molar-refractivity contribution in [2.45, 2.75) is 18.9 Å².